The van der Waals surface area contributed by atoms with Gasteiger partial charge >= 0.3 is 23.9 Å². The van der Waals surface area contributed by atoms with Crippen LogP contribution in [0, 0.1) is 0 Å². The standard InChI is InChI=1S/C44H53N3O18/c1-27(48)60-26-40-41(62-28(2)49)42(63-29(3)50)43(64-30(4)51)44(65-40)59-20-19-58-18-17-57-16-15-47-24-33(45-46-47)25-61-37-14-10-32(22-39(37)56-6)8-12-35(53)23-34(52)11-7-31-9-13-36(54)38(21-31)55-5/h7-14,21-22,24,40-44,54H,15-20,23,25-26H2,1-6H3/b11-7+,12-8+/t40-,41+,42+,43+,44+/m0/s1. The molecule has 2 heterocycles. The van der Waals surface area contributed by atoms with E-state index in [1.807, 2.05) is 0 Å². The Morgan fingerprint density at radius 2 is 1.29 bits per heavy atom. The maximum Gasteiger partial charge on any atom is 0.303 e. The van der Waals surface area contributed by atoms with E-state index in [1.54, 1.807) is 47.3 Å². The van der Waals surface area contributed by atoms with E-state index in [4.69, 9.17) is 52.1 Å². The Labute approximate surface area is 374 Å². The van der Waals surface area contributed by atoms with Crippen molar-refractivity contribution in [2.45, 2.75) is 78.0 Å². The number of phenolic OH excluding ortho intramolecular Hbond substituents is 1. The minimum atomic E-state index is -1.34. The number of ketones is 2. The molecule has 0 radical (unpaired) electrons. The average molecular weight is 912 g/mol. The fourth-order valence-electron chi connectivity index (χ4n) is 6.06. The van der Waals surface area contributed by atoms with Gasteiger partial charge in [0.05, 0.1) is 66.4 Å². The van der Waals surface area contributed by atoms with Gasteiger partial charge in [-0.15, -0.1) is 5.10 Å². The highest BCUT2D eigenvalue weighted by Gasteiger charge is 2.52. The van der Waals surface area contributed by atoms with Crippen molar-refractivity contribution in [1.82, 2.24) is 15.0 Å². The molecule has 1 aliphatic rings. The molecule has 0 spiro atoms. The maximum atomic E-state index is 12.5. The van der Waals surface area contributed by atoms with Crippen LogP contribution in [0.5, 0.6) is 23.0 Å². The lowest BCUT2D eigenvalue weighted by molar-refractivity contribution is -0.309. The van der Waals surface area contributed by atoms with E-state index in [9.17, 15) is 33.9 Å². The number of ether oxygens (including phenoxy) is 11. The minimum Gasteiger partial charge on any atom is -0.504 e. The molecule has 1 aromatic heterocycles. The van der Waals surface area contributed by atoms with Crippen LogP contribution in [0.2, 0.25) is 0 Å². The molecule has 3 aromatic rings. The highest BCUT2D eigenvalue weighted by atomic mass is 16.7. The Balaban J connectivity index is 1.16. The average Bonchev–Trinajstić information content (AvgIpc) is 3.72. The van der Waals surface area contributed by atoms with E-state index in [1.165, 1.54) is 45.4 Å². The van der Waals surface area contributed by atoms with Crippen molar-refractivity contribution in [2.24, 2.45) is 0 Å². The molecule has 2 aromatic carbocycles. The molecular weight excluding hydrogens is 858 g/mol. The molecule has 21 nitrogen and oxygen atoms in total. The molecule has 0 bridgehead atoms. The minimum absolute atomic E-state index is 0.0235. The molecule has 21 heteroatoms. The van der Waals surface area contributed by atoms with Gasteiger partial charge in [0.2, 0.25) is 0 Å². The van der Waals surface area contributed by atoms with Gasteiger partial charge in [-0.05, 0) is 47.5 Å². The molecule has 5 atom stereocenters. The first-order chi connectivity index (χ1) is 31.1. The highest BCUT2D eigenvalue weighted by molar-refractivity contribution is 6.10. The molecule has 1 aliphatic heterocycles. The molecule has 0 saturated carbocycles. The second-order valence-corrected chi connectivity index (χ2v) is 14.0. The summed E-state index contributed by atoms with van der Waals surface area (Å²) in [5.74, 6) is -2.56. The lowest BCUT2D eigenvalue weighted by atomic mass is 9.98. The number of esters is 4. The number of aromatic hydroxyl groups is 1. The Hall–Kier alpha value is -6.68. The second-order valence-electron chi connectivity index (χ2n) is 14.0. The zero-order valence-corrected chi connectivity index (χ0v) is 36.8. The Kier molecular flexibility index (Phi) is 20.5. The lowest BCUT2D eigenvalue weighted by Crippen LogP contribution is -2.63. The van der Waals surface area contributed by atoms with Gasteiger partial charge in [0, 0.05) is 27.7 Å². The largest absolute Gasteiger partial charge is 0.504 e. The SMILES string of the molecule is COc1cc(/C=C/C(=O)CC(=O)/C=C/c2ccc(OCc3cn(CCOCCOCCO[C@@H]4O[C@@H](COC(C)=O)[C@@H](OC(C)=O)[C@@H](OC(C)=O)[C@H]4OC(C)=O)nn3)c(OC)c2)ccc1O. The summed E-state index contributed by atoms with van der Waals surface area (Å²) in [6, 6.07) is 9.73. The molecule has 0 aliphatic carbocycles. The number of carbonyl (C=O) groups is 6. The topological polar surface area (TPSA) is 255 Å². The Morgan fingerprint density at radius 1 is 0.708 bits per heavy atom. The van der Waals surface area contributed by atoms with Crippen LogP contribution in [0.15, 0.2) is 54.7 Å². The zero-order chi connectivity index (χ0) is 47.3. The quantitative estimate of drug-likeness (QED) is 0.0399. The summed E-state index contributed by atoms with van der Waals surface area (Å²) in [6.07, 6.45) is 0.689. The summed E-state index contributed by atoms with van der Waals surface area (Å²) >= 11 is 0. The van der Waals surface area contributed by atoms with Crippen LogP contribution in [0.1, 0.15) is 50.9 Å². The van der Waals surface area contributed by atoms with Crippen molar-refractivity contribution in [3.63, 3.8) is 0 Å². The van der Waals surface area contributed by atoms with E-state index < -0.39 is 54.6 Å². The number of phenols is 1. The van der Waals surface area contributed by atoms with Gasteiger partial charge in [-0.25, -0.2) is 4.68 Å². The fourth-order valence-corrected chi connectivity index (χ4v) is 6.06. The molecule has 1 saturated heterocycles. The lowest BCUT2D eigenvalue weighted by Gasteiger charge is -2.44. The van der Waals surface area contributed by atoms with Crippen LogP contribution in [-0.2, 0) is 79.8 Å². The van der Waals surface area contributed by atoms with E-state index in [0.29, 0.717) is 41.5 Å². The maximum absolute atomic E-state index is 12.5. The number of methoxy groups -OCH3 is 2. The first-order valence-corrected chi connectivity index (χ1v) is 20.2. The van der Waals surface area contributed by atoms with Gasteiger partial charge < -0.3 is 57.2 Å². The van der Waals surface area contributed by atoms with Crippen molar-refractivity contribution in [3.05, 3.63) is 71.6 Å². The van der Waals surface area contributed by atoms with Crippen LogP contribution < -0.4 is 14.2 Å². The summed E-state index contributed by atoms with van der Waals surface area (Å²) in [4.78, 5) is 72.2. The van der Waals surface area contributed by atoms with Crippen molar-refractivity contribution >= 4 is 47.6 Å². The summed E-state index contributed by atoms with van der Waals surface area (Å²) in [5, 5.41) is 18.0. The van der Waals surface area contributed by atoms with Crippen LogP contribution in [0.3, 0.4) is 0 Å². The number of hydrogen-bond donors (Lipinski definition) is 1. The number of rotatable bonds is 26. The second kappa shape index (κ2) is 26.2. The number of hydrogen-bond acceptors (Lipinski definition) is 20. The predicted molar refractivity (Wildman–Crippen MR) is 224 cm³/mol. The Morgan fingerprint density at radius 3 is 1.92 bits per heavy atom. The smallest absolute Gasteiger partial charge is 0.303 e. The monoisotopic (exact) mass is 911 g/mol. The van der Waals surface area contributed by atoms with Gasteiger partial charge in [0.15, 0.2) is 59.2 Å². The molecule has 1 N–H and O–H groups in total. The van der Waals surface area contributed by atoms with E-state index in [0.717, 1.165) is 20.8 Å². The molecular formula is C44H53N3O18. The molecule has 352 valence electrons. The van der Waals surface area contributed by atoms with Crippen LogP contribution in [-0.4, -0.2) is 140 Å². The number of allylic oxidation sites excluding steroid dienone is 2. The molecule has 0 amide bonds. The third-order valence-corrected chi connectivity index (χ3v) is 8.92. The van der Waals surface area contributed by atoms with Crippen molar-refractivity contribution < 1.29 is 86.0 Å². The van der Waals surface area contributed by atoms with Crippen LogP contribution >= 0.6 is 0 Å². The van der Waals surface area contributed by atoms with Gasteiger partial charge in [-0.1, -0.05) is 29.5 Å². The summed E-state index contributed by atoms with van der Waals surface area (Å²) < 4.78 is 62.2. The first kappa shape index (κ1) is 51.0. The summed E-state index contributed by atoms with van der Waals surface area (Å²) in [6.45, 7) is 5.39. The molecule has 1 fully saturated rings. The third kappa shape index (κ3) is 17.4. The molecule has 65 heavy (non-hydrogen) atoms. The normalized spacial score (nSPS) is 18.2. The molecule has 4 rings (SSSR count). The van der Waals surface area contributed by atoms with Crippen molar-refractivity contribution in [1.29, 1.82) is 0 Å². The zero-order valence-electron chi connectivity index (χ0n) is 36.8. The van der Waals surface area contributed by atoms with E-state index >= 15 is 0 Å². The first-order valence-electron chi connectivity index (χ1n) is 20.2. The van der Waals surface area contributed by atoms with Crippen molar-refractivity contribution in [2.75, 3.05) is 53.9 Å². The Bertz CT molecular complexity index is 2150. The van der Waals surface area contributed by atoms with Gasteiger partial charge in [-0.3, -0.25) is 28.8 Å². The van der Waals surface area contributed by atoms with Gasteiger partial charge in [-0.2, -0.15) is 0 Å². The number of nitrogens with zero attached hydrogens (tertiary/aromatic N) is 3. The molecule has 0 unspecified atom stereocenters. The van der Waals surface area contributed by atoms with E-state index in [2.05, 4.69) is 10.3 Å². The van der Waals surface area contributed by atoms with Crippen LogP contribution in [0.4, 0.5) is 0 Å². The number of carbonyl (C=O) groups excluding carboxylic acids is 6. The van der Waals surface area contributed by atoms with Crippen LogP contribution in [0.25, 0.3) is 12.2 Å². The number of aromatic nitrogens is 3. The summed E-state index contributed by atoms with van der Waals surface area (Å²) in [7, 11) is 2.90. The summed E-state index contributed by atoms with van der Waals surface area (Å²) in [5.41, 5.74) is 1.82. The van der Waals surface area contributed by atoms with Crippen molar-refractivity contribution in [3.8, 4) is 23.0 Å². The predicted octanol–water partition coefficient (Wildman–Crippen LogP) is 2.97. The number of benzene rings is 2. The highest BCUT2D eigenvalue weighted by Crippen LogP contribution is 2.31. The van der Waals surface area contributed by atoms with Gasteiger partial charge in [0.25, 0.3) is 0 Å². The third-order valence-electron chi connectivity index (χ3n) is 8.92. The van der Waals surface area contributed by atoms with E-state index in [-0.39, 0.29) is 69.1 Å². The fraction of sp³-hybridized carbons (Fsp3) is 0.455. The van der Waals surface area contributed by atoms with Gasteiger partial charge in [0.1, 0.15) is 25.0 Å².